The molecule has 0 atom stereocenters. The van der Waals surface area contributed by atoms with Gasteiger partial charge in [0, 0.05) is 5.69 Å². The van der Waals surface area contributed by atoms with Crippen LogP contribution in [0, 0.1) is 13.8 Å². The van der Waals surface area contributed by atoms with Crippen molar-refractivity contribution in [3.63, 3.8) is 0 Å². The smallest absolute Gasteiger partial charge is 0.329 e. The average Bonchev–Trinajstić information content (AvgIpc) is 2.20. The first-order valence-electron chi connectivity index (χ1n) is 4.97. The molecule has 0 aliphatic carbocycles. The Morgan fingerprint density at radius 2 is 1.88 bits per heavy atom. The van der Waals surface area contributed by atoms with E-state index >= 15 is 0 Å². The van der Waals surface area contributed by atoms with Crippen molar-refractivity contribution in [1.29, 1.82) is 0 Å². The molecule has 0 fully saturated rings. The third kappa shape index (κ3) is 4.76. The van der Waals surface area contributed by atoms with Gasteiger partial charge in [-0.1, -0.05) is 6.07 Å². The number of benzene rings is 1. The van der Waals surface area contributed by atoms with Crippen LogP contribution in [-0.4, -0.2) is 18.8 Å². The van der Waals surface area contributed by atoms with Crippen LogP contribution in [0.25, 0.3) is 0 Å². The molecule has 1 aromatic carbocycles. The van der Waals surface area contributed by atoms with Crippen molar-refractivity contribution in [3.8, 4) is 0 Å². The normalized spacial score (nSPS) is 11.1. The monoisotopic (exact) mass is 246 g/mol. The first-order valence-corrected chi connectivity index (χ1v) is 4.97. The summed E-state index contributed by atoms with van der Waals surface area (Å²) >= 11 is 0. The molecule has 6 heteroatoms. The fourth-order valence-corrected chi connectivity index (χ4v) is 1.17. The van der Waals surface area contributed by atoms with Gasteiger partial charge < -0.3 is 10.6 Å². The highest BCUT2D eigenvalue weighted by atomic mass is 19.4. The Bertz CT molecular complexity index is 416. The molecular formula is C11H13F3N2O. The van der Waals surface area contributed by atoms with Crippen LogP contribution in [0.15, 0.2) is 18.2 Å². The van der Waals surface area contributed by atoms with Gasteiger partial charge in [-0.05, 0) is 37.1 Å². The molecule has 2 amide bonds. The van der Waals surface area contributed by atoms with Crippen molar-refractivity contribution in [2.75, 3.05) is 11.9 Å². The zero-order valence-corrected chi connectivity index (χ0v) is 9.48. The molecule has 1 rings (SSSR count). The Hall–Kier alpha value is -1.72. The molecule has 0 saturated heterocycles. The standard InChI is InChI=1S/C11H13F3N2O/c1-7-3-4-9(5-8(7)2)16-10(17)15-6-11(12,13)14/h3-5H,6H2,1-2H3,(H2,15,16,17). The van der Waals surface area contributed by atoms with Crippen LogP contribution in [0.2, 0.25) is 0 Å². The third-order valence-electron chi connectivity index (χ3n) is 2.21. The predicted molar refractivity (Wildman–Crippen MR) is 59.0 cm³/mol. The molecule has 0 aromatic heterocycles. The molecule has 0 spiro atoms. The molecule has 0 aliphatic rings. The predicted octanol–water partition coefficient (Wildman–Crippen LogP) is 2.99. The van der Waals surface area contributed by atoms with E-state index in [1.54, 1.807) is 23.5 Å². The Balaban J connectivity index is 2.54. The maximum absolute atomic E-state index is 11.8. The number of nitrogens with one attached hydrogen (secondary N) is 2. The number of rotatable bonds is 2. The maximum Gasteiger partial charge on any atom is 0.405 e. The van der Waals surface area contributed by atoms with E-state index in [1.807, 2.05) is 13.8 Å². The first-order chi connectivity index (χ1) is 7.78. The largest absolute Gasteiger partial charge is 0.405 e. The molecule has 17 heavy (non-hydrogen) atoms. The lowest BCUT2D eigenvalue weighted by Gasteiger charge is -2.10. The number of aryl methyl sites for hydroxylation is 2. The van der Waals surface area contributed by atoms with Crippen LogP contribution in [0.1, 0.15) is 11.1 Å². The molecule has 2 N–H and O–H groups in total. The van der Waals surface area contributed by atoms with E-state index in [9.17, 15) is 18.0 Å². The second-order valence-corrected chi connectivity index (χ2v) is 3.72. The number of carbonyl (C=O) groups is 1. The quantitative estimate of drug-likeness (QED) is 0.827. The van der Waals surface area contributed by atoms with E-state index < -0.39 is 18.8 Å². The molecule has 94 valence electrons. The van der Waals surface area contributed by atoms with E-state index in [0.717, 1.165) is 11.1 Å². The van der Waals surface area contributed by atoms with Crippen molar-refractivity contribution in [1.82, 2.24) is 5.32 Å². The van der Waals surface area contributed by atoms with E-state index in [4.69, 9.17) is 0 Å². The fourth-order valence-electron chi connectivity index (χ4n) is 1.17. The highest BCUT2D eigenvalue weighted by Crippen LogP contribution is 2.15. The summed E-state index contributed by atoms with van der Waals surface area (Å²) < 4.78 is 35.5. The summed E-state index contributed by atoms with van der Waals surface area (Å²) in [7, 11) is 0. The first kappa shape index (κ1) is 13.3. The van der Waals surface area contributed by atoms with Crippen LogP contribution >= 0.6 is 0 Å². The molecule has 3 nitrogen and oxygen atoms in total. The number of carbonyl (C=O) groups excluding carboxylic acids is 1. The van der Waals surface area contributed by atoms with Crippen molar-refractivity contribution in [2.45, 2.75) is 20.0 Å². The lowest BCUT2D eigenvalue weighted by molar-refractivity contribution is -0.122. The van der Waals surface area contributed by atoms with Crippen LogP contribution in [0.3, 0.4) is 0 Å². The van der Waals surface area contributed by atoms with Gasteiger partial charge >= 0.3 is 12.2 Å². The van der Waals surface area contributed by atoms with Gasteiger partial charge in [0.2, 0.25) is 0 Å². The SMILES string of the molecule is Cc1ccc(NC(=O)NCC(F)(F)F)cc1C. The summed E-state index contributed by atoms with van der Waals surface area (Å²) in [6, 6.07) is 4.25. The third-order valence-corrected chi connectivity index (χ3v) is 2.21. The zero-order valence-electron chi connectivity index (χ0n) is 9.48. The molecule has 0 heterocycles. The number of amides is 2. The second-order valence-electron chi connectivity index (χ2n) is 3.72. The Morgan fingerprint density at radius 1 is 1.24 bits per heavy atom. The Kier molecular flexibility index (Phi) is 3.98. The van der Waals surface area contributed by atoms with E-state index in [-0.39, 0.29) is 0 Å². The average molecular weight is 246 g/mol. The molecule has 0 radical (unpaired) electrons. The van der Waals surface area contributed by atoms with Gasteiger partial charge in [-0.25, -0.2) is 4.79 Å². The van der Waals surface area contributed by atoms with E-state index in [1.165, 1.54) is 0 Å². The Morgan fingerprint density at radius 3 is 2.41 bits per heavy atom. The lowest BCUT2D eigenvalue weighted by atomic mass is 10.1. The molecule has 0 saturated carbocycles. The van der Waals surface area contributed by atoms with Crippen LogP contribution < -0.4 is 10.6 Å². The van der Waals surface area contributed by atoms with Crippen LogP contribution in [0.5, 0.6) is 0 Å². The summed E-state index contributed by atoms with van der Waals surface area (Å²) in [5, 5.41) is 4.06. The molecule has 1 aromatic rings. The summed E-state index contributed by atoms with van der Waals surface area (Å²) in [4.78, 5) is 11.1. The fraction of sp³-hybridized carbons (Fsp3) is 0.364. The van der Waals surface area contributed by atoms with Gasteiger partial charge in [0.1, 0.15) is 6.54 Å². The number of halogens is 3. The van der Waals surface area contributed by atoms with Crippen LogP contribution in [-0.2, 0) is 0 Å². The summed E-state index contributed by atoms with van der Waals surface area (Å²) in [5.74, 6) is 0. The molecular weight excluding hydrogens is 233 g/mol. The number of anilines is 1. The summed E-state index contributed by atoms with van der Waals surface area (Å²) in [5.41, 5.74) is 2.47. The number of hydrogen-bond donors (Lipinski definition) is 2. The van der Waals surface area contributed by atoms with Crippen molar-refractivity contribution < 1.29 is 18.0 Å². The van der Waals surface area contributed by atoms with Gasteiger partial charge in [0.15, 0.2) is 0 Å². The van der Waals surface area contributed by atoms with E-state index in [0.29, 0.717) is 5.69 Å². The summed E-state index contributed by atoms with van der Waals surface area (Å²) in [6.45, 7) is 2.42. The van der Waals surface area contributed by atoms with Crippen molar-refractivity contribution in [2.24, 2.45) is 0 Å². The lowest BCUT2D eigenvalue weighted by Crippen LogP contribution is -2.36. The molecule has 0 bridgehead atoms. The Labute approximate surface area is 97.0 Å². The molecule has 0 aliphatic heterocycles. The minimum Gasteiger partial charge on any atom is -0.329 e. The van der Waals surface area contributed by atoms with Crippen molar-refractivity contribution >= 4 is 11.7 Å². The number of hydrogen-bond acceptors (Lipinski definition) is 1. The van der Waals surface area contributed by atoms with Gasteiger partial charge in [-0.3, -0.25) is 0 Å². The minimum atomic E-state index is -4.40. The highest BCUT2D eigenvalue weighted by molar-refractivity contribution is 5.89. The summed E-state index contributed by atoms with van der Waals surface area (Å²) in [6.07, 6.45) is -4.40. The highest BCUT2D eigenvalue weighted by Gasteiger charge is 2.27. The van der Waals surface area contributed by atoms with Crippen LogP contribution in [0.4, 0.5) is 23.7 Å². The van der Waals surface area contributed by atoms with E-state index in [2.05, 4.69) is 5.32 Å². The second kappa shape index (κ2) is 5.07. The topological polar surface area (TPSA) is 41.1 Å². The van der Waals surface area contributed by atoms with Gasteiger partial charge in [0.25, 0.3) is 0 Å². The van der Waals surface area contributed by atoms with Gasteiger partial charge in [-0.2, -0.15) is 13.2 Å². The maximum atomic E-state index is 11.8. The zero-order chi connectivity index (χ0) is 13.1. The molecule has 0 unspecified atom stereocenters. The number of urea groups is 1. The van der Waals surface area contributed by atoms with Gasteiger partial charge in [-0.15, -0.1) is 0 Å². The number of alkyl halides is 3. The minimum absolute atomic E-state index is 0.466. The van der Waals surface area contributed by atoms with Gasteiger partial charge in [0.05, 0.1) is 0 Å². The van der Waals surface area contributed by atoms with Crippen molar-refractivity contribution in [3.05, 3.63) is 29.3 Å².